The molecule has 0 amide bonds. The predicted molar refractivity (Wildman–Crippen MR) is 237 cm³/mol. The van der Waals surface area contributed by atoms with Crippen LogP contribution in [0.1, 0.15) is 5.56 Å². The van der Waals surface area contributed by atoms with Gasteiger partial charge in [-0.15, -0.1) is 0 Å². The number of nitrogens with two attached hydrogens (primary N) is 1. The van der Waals surface area contributed by atoms with Crippen LogP contribution in [0.3, 0.4) is 0 Å². The van der Waals surface area contributed by atoms with Gasteiger partial charge in [0.15, 0.2) is 0 Å². The molecule has 0 unspecified atom stereocenters. The van der Waals surface area contributed by atoms with E-state index in [1.807, 2.05) is 24.4 Å². The normalized spacial score (nSPS) is 12.1. The summed E-state index contributed by atoms with van der Waals surface area (Å²) in [5.74, 6) is 0. The Morgan fingerprint density at radius 2 is 0.911 bits per heavy atom. The fourth-order valence-electron chi connectivity index (χ4n) is 8.14. The average molecular weight is 719 g/mol. The topological polar surface area (TPSA) is 48.2 Å². The summed E-state index contributed by atoms with van der Waals surface area (Å²) in [5, 5.41) is 4.91. The third-order valence-electron chi connectivity index (χ3n) is 10.9. The molecular formula is C52H38N4. The first kappa shape index (κ1) is 33.2. The van der Waals surface area contributed by atoms with Crippen LogP contribution >= 0.6 is 0 Å². The van der Waals surface area contributed by atoms with E-state index < -0.39 is 0 Å². The Hall–Kier alpha value is -7.43. The summed E-state index contributed by atoms with van der Waals surface area (Å²) in [6.45, 7) is 0.470. The first-order valence-corrected chi connectivity index (χ1v) is 19.0. The molecule has 56 heavy (non-hydrogen) atoms. The molecule has 8 aromatic carbocycles. The highest BCUT2D eigenvalue weighted by Crippen LogP contribution is 2.37. The van der Waals surface area contributed by atoms with Gasteiger partial charge >= 0.3 is 0 Å². The van der Waals surface area contributed by atoms with Crippen molar-refractivity contribution in [2.45, 2.75) is 6.67 Å². The molecule has 0 saturated heterocycles. The van der Waals surface area contributed by atoms with Crippen LogP contribution in [0.5, 0.6) is 0 Å². The molecule has 0 atom stereocenters. The first-order chi connectivity index (χ1) is 27.7. The summed E-state index contributed by atoms with van der Waals surface area (Å²) in [6, 6.07) is 69.0. The van der Waals surface area contributed by atoms with Crippen LogP contribution in [0.25, 0.3) is 88.4 Å². The number of benzene rings is 8. The molecule has 2 aromatic heterocycles. The van der Waals surface area contributed by atoms with E-state index in [1.165, 1.54) is 43.7 Å². The number of fused-ring (bicyclic) bond motifs is 6. The van der Waals surface area contributed by atoms with E-state index in [4.69, 9.17) is 10.7 Å². The van der Waals surface area contributed by atoms with Gasteiger partial charge in [0.2, 0.25) is 0 Å². The maximum Gasteiger partial charge on any atom is 0.114 e. The van der Waals surface area contributed by atoms with E-state index in [0.717, 1.165) is 44.5 Å². The molecule has 0 aliphatic carbocycles. The Balaban J connectivity index is 0.985. The van der Waals surface area contributed by atoms with Gasteiger partial charge in [-0.1, -0.05) is 127 Å². The van der Waals surface area contributed by atoms with E-state index in [9.17, 15) is 0 Å². The number of hydrogen-bond acceptors (Lipinski definition) is 2. The van der Waals surface area contributed by atoms with Crippen molar-refractivity contribution >= 4 is 55.5 Å². The van der Waals surface area contributed by atoms with Gasteiger partial charge in [0.05, 0.1) is 22.1 Å². The summed E-state index contributed by atoms with van der Waals surface area (Å²) in [5.41, 5.74) is 21.2. The second-order valence-electron chi connectivity index (χ2n) is 14.2. The molecule has 2 N–H and O–H groups in total. The zero-order valence-electron chi connectivity index (χ0n) is 30.8. The second kappa shape index (κ2) is 14.1. The van der Waals surface area contributed by atoms with Gasteiger partial charge in [-0.2, -0.15) is 0 Å². The standard InChI is InChI=1S/C52H38N4/c53-48(42-31-40(36-14-4-1-5-15-36)30-41(32-42)37-16-6-2-7-17-37)28-29-54-35-55-49-22-12-10-20-44(49)46-33-38(24-26-50(46)55)39-25-27-52-47(34-39)45-21-11-13-23-51(45)56(52)43-18-8-3-9-19-43/h1-34H,35,53H2. The Kier molecular flexibility index (Phi) is 8.34. The number of nitrogens with zero attached hydrogens (tertiary/aromatic N) is 3. The summed E-state index contributed by atoms with van der Waals surface area (Å²) in [7, 11) is 0. The highest BCUT2D eigenvalue weighted by molar-refractivity contribution is 6.12. The third kappa shape index (κ3) is 5.94. The second-order valence-corrected chi connectivity index (χ2v) is 14.2. The number of allylic oxidation sites excluding steroid dienone is 1. The SMILES string of the molecule is NC(=CC=NCn1c2ccccc2c2cc(-c3ccc4c(c3)c3ccccc3n4-c3ccccc3)ccc21)c1cc(-c2ccccc2)cc(-c2ccccc2)c1. The fourth-order valence-corrected chi connectivity index (χ4v) is 8.14. The molecule has 0 fully saturated rings. The molecule has 0 aliphatic rings. The molecular weight excluding hydrogens is 681 g/mol. The zero-order chi connectivity index (χ0) is 37.4. The molecule has 0 radical (unpaired) electrons. The van der Waals surface area contributed by atoms with Gasteiger partial charge in [-0.05, 0) is 112 Å². The summed E-state index contributed by atoms with van der Waals surface area (Å²) >= 11 is 0. The lowest BCUT2D eigenvalue weighted by molar-refractivity contribution is 0.796. The smallest absolute Gasteiger partial charge is 0.114 e. The monoisotopic (exact) mass is 718 g/mol. The highest BCUT2D eigenvalue weighted by Gasteiger charge is 2.15. The minimum Gasteiger partial charge on any atom is -0.398 e. The van der Waals surface area contributed by atoms with Crippen molar-refractivity contribution in [2.24, 2.45) is 10.7 Å². The lowest BCUT2D eigenvalue weighted by Crippen LogP contribution is -1.99. The van der Waals surface area contributed by atoms with Gasteiger partial charge in [0.25, 0.3) is 0 Å². The van der Waals surface area contributed by atoms with Crippen molar-refractivity contribution in [1.29, 1.82) is 0 Å². The van der Waals surface area contributed by atoms with Crippen molar-refractivity contribution in [3.63, 3.8) is 0 Å². The Morgan fingerprint density at radius 1 is 0.429 bits per heavy atom. The lowest BCUT2D eigenvalue weighted by Gasteiger charge is -2.11. The van der Waals surface area contributed by atoms with E-state index in [1.54, 1.807) is 0 Å². The predicted octanol–water partition coefficient (Wildman–Crippen LogP) is 12.9. The van der Waals surface area contributed by atoms with Gasteiger partial charge in [0.1, 0.15) is 6.67 Å². The van der Waals surface area contributed by atoms with Gasteiger partial charge in [0, 0.05) is 39.1 Å². The van der Waals surface area contributed by atoms with Crippen molar-refractivity contribution in [1.82, 2.24) is 9.13 Å². The average Bonchev–Trinajstić information content (AvgIpc) is 3.77. The largest absolute Gasteiger partial charge is 0.398 e. The van der Waals surface area contributed by atoms with Crippen LogP contribution in [0, 0.1) is 0 Å². The minimum atomic E-state index is 0.470. The molecule has 266 valence electrons. The summed E-state index contributed by atoms with van der Waals surface area (Å²) in [6.07, 6.45) is 3.75. The molecule has 10 rings (SSSR count). The molecule has 2 heterocycles. The molecule has 4 heteroatoms. The maximum absolute atomic E-state index is 6.76. The van der Waals surface area contributed by atoms with Crippen LogP contribution in [0.15, 0.2) is 205 Å². The van der Waals surface area contributed by atoms with E-state index in [2.05, 4.69) is 191 Å². The number of hydrogen-bond donors (Lipinski definition) is 1. The molecule has 4 nitrogen and oxygen atoms in total. The van der Waals surface area contributed by atoms with Gasteiger partial charge in [-0.3, -0.25) is 4.99 Å². The van der Waals surface area contributed by atoms with Crippen LogP contribution < -0.4 is 5.73 Å². The molecule has 10 aromatic rings. The van der Waals surface area contributed by atoms with Crippen LogP contribution in [-0.2, 0) is 6.67 Å². The molecule has 0 aliphatic heterocycles. The van der Waals surface area contributed by atoms with Crippen molar-refractivity contribution in [2.75, 3.05) is 0 Å². The Labute approximate surface area is 325 Å². The van der Waals surface area contributed by atoms with Crippen molar-refractivity contribution in [3.8, 4) is 39.1 Å². The maximum atomic E-state index is 6.76. The lowest BCUT2D eigenvalue weighted by atomic mass is 9.95. The number of aromatic nitrogens is 2. The third-order valence-corrected chi connectivity index (χ3v) is 10.9. The van der Waals surface area contributed by atoms with E-state index >= 15 is 0 Å². The van der Waals surface area contributed by atoms with Crippen molar-refractivity contribution < 1.29 is 0 Å². The number of para-hydroxylation sites is 3. The van der Waals surface area contributed by atoms with Crippen LogP contribution in [0.4, 0.5) is 0 Å². The zero-order valence-corrected chi connectivity index (χ0v) is 30.8. The quantitative estimate of drug-likeness (QED) is 0.156. The van der Waals surface area contributed by atoms with E-state index in [-0.39, 0.29) is 0 Å². The molecule has 0 spiro atoms. The summed E-state index contributed by atoms with van der Waals surface area (Å²) in [4.78, 5) is 4.89. The van der Waals surface area contributed by atoms with Crippen LogP contribution in [-0.4, -0.2) is 15.3 Å². The fraction of sp³-hybridized carbons (Fsp3) is 0.0192. The molecule has 0 saturated carbocycles. The minimum absolute atomic E-state index is 0.470. The van der Waals surface area contributed by atoms with Crippen molar-refractivity contribution in [3.05, 3.63) is 206 Å². The Morgan fingerprint density at radius 3 is 1.55 bits per heavy atom. The molecule has 0 bridgehead atoms. The van der Waals surface area contributed by atoms with Gasteiger partial charge in [-0.25, -0.2) is 0 Å². The number of aliphatic imine (C=N–C) groups is 1. The number of rotatable bonds is 8. The first-order valence-electron chi connectivity index (χ1n) is 19.0. The summed E-state index contributed by atoms with van der Waals surface area (Å²) < 4.78 is 4.65. The van der Waals surface area contributed by atoms with Gasteiger partial charge < -0.3 is 14.9 Å². The Bertz CT molecular complexity index is 3040. The van der Waals surface area contributed by atoms with Crippen LogP contribution in [0.2, 0.25) is 0 Å². The highest BCUT2D eigenvalue weighted by atomic mass is 15.1. The van der Waals surface area contributed by atoms with E-state index in [0.29, 0.717) is 12.4 Å².